The van der Waals surface area contributed by atoms with E-state index in [9.17, 15) is 0 Å². The molecule has 0 unspecified atom stereocenters. The number of hydrogen-bond donors (Lipinski definition) is 1. The second-order valence-corrected chi connectivity index (χ2v) is 4.52. The van der Waals surface area contributed by atoms with E-state index in [0.717, 1.165) is 6.42 Å². The fourth-order valence-corrected chi connectivity index (χ4v) is 2.68. The lowest BCUT2D eigenvalue weighted by atomic mass is 9.95. The van der Waals surface area contributed by atoms with Gasteiger partial charge in [0.05, 0.1) is 0 Å². The average molecular weight is 199 g/mol. The summed E-state index contributed by atoms with van der Waals surface area (Å²) in [6, 6.07) is 6.88. The summed E-state index contributed by atoms with van der Waals surface area (Å²) in [7, 11) is 0. The molecular weight excluding hydrogens is 182 g/mol. The van der Waals surface area contributed by atoms with Gasteiger partial charge in [0.2, 0.25) is 0 Å². The zero-order valence-electron chi connectivity index (χ0n) is 9.27. The lowest BCUT2D eigenvalue weighted by Crippen LogP contribution is -1.99. The number of nitrogens with one attached hydrogen (secondary N) is 1. The van der Waals surface area contributed by atoms with Crippen LogP contribution in [0.2, 0.25) is 0 Å². The fourth-order valence-electron chi connectivity index (χ4n) is 2.68. The van der Waals surface area contributed by atoms with Crippen LogP contribution in [0.4, 0.5) is 0 Å². The van der Waals surface area contributed by atoms with Crippen LogP contribution in [0.15, 0.2) is 18.2 Å². The van der Waals surface area contributed by atoms with Gasteiger partial charge in [0.25, 0.3) is 0 Å². The number of aryl methyl sites for hydroxylation is 3. The van der Waals surface area contributed by atoms with Crippen LogP contribution in [0.5, 0.6) is 0 Å². The molecule has 0 radical (unpaired) electrons. The molecule has 0 saturated carbocycles. The minimum atomic E-state index is 1.12. The first-order chi connectivity index (χ1) is 7.38. The number of aromatic nitrogens is 1. The Morgan fingerprint density at radius 2 is 2.07 bits per heavy atom. The number of H-pyrrole nitrogens is 1. The lowest BCUT2D eigenvalue weighted by Gasteiger charge is -2.10. The van der Waals surface area contributed by atoms with Gasteiger partial charge in [-0.05, 0) is 49.3 Å². The molecule has 0 spiro atoms. The van der Waals surface area contributed by atoms with Gasteiger partial charge in [-0.3, -0.25) is 0 Å². The molecule has 0 bridgehead atoms. The van der Waals surface area contributed by atoms with Crippen molar-refractivity contribution in [2.24, 2.45) is 0 Å². The van der Waals surface area contributed by atoms with Crippen molar-refractivity contribution < 1.29 is 0 Å². The molecule has 1 N–H and O–H groups in total. The van der Waals surface area contributed by atoms with Gasteiger partial charge in [-0.2, -0.15) is 0 Å². The number of benzene rings is 1. The van der Waals surface area contributed by atoms with Crippen molar-refractivity contribution in [3.8, 4) is 0 Å². The summed E-state index contributed by atoms with van der Waals surface area (Å²) < 4.78 is 0. The molecule has 1 nitrogen and oxygen atoms in total. The molecule has 1 heteroatoms. The second-order valence-electron chi connectivity index (χ2n) is 4.52. The second kappa shape index (κ2) is 3.41. The number of aromatic amines is 1. The third-order valence-corrected chi connectivity index (χ3v) is 3.57. The van der Waals surface area contributed by atoms with Crippen molar-refractivity contribution in [3.05, 3.63) is 35.0 Å². The summed E-state index contributed by atoms with van der Waals surface area (Å²) in [5.74, 6) is 0. The topological polar surface area (TPSA) is 15.8 Å². The smallest absolute Gasteiger partial charge is 0.0461 e. The molecular formula is C14H17N. The molecule has 0 aliphatic heterocycles. The van der Waals surface area contributed by atoms with Crippen LogP contribution < -0.4 is 0 Å². The van der Waals surface area contributed by atoms with Crippen LogP contribution in [0.3, 0.4) is 0 Å². The average Bonchev–Trinajstić information content (AvgIpc) is 2.66. The highest BCUT2D eigenvalue weighted by Crippen LogP contribution is 2.29. The Morgan fingerprint density at radius 3 is 2.93 bits per heavy atom. The normalized spacial score (nSPS) is 15.5. The van der Waals surface area contributed by atoms with E-state index in [-0.39, 0.29) is 0 Å². The Morgan fingerprint density at radius 1 is 1.20 bits per heavy atom. The van der Waals surface area contributed by atoms with Crippen LogP contribution >= 0.6 is 0 Å². The van der Waals surface area contributed by atoms with Crippen molar-refractivity contribution >= 4 is 10.9 Å². The van der Waals surface area contributed by atoms with Gasteiger partial charge in [0.15, 0.2) is 0 Å². The molecule has 1 aliphatic rings. The van der Waals surface area contributed by atoms with Crippen LogP contribution in [-0.2, 0) is 19.3 Å². The maximum Gasteiger partial charge on any atom is 0.0461 e. The third-order valence-electron chi connectivity index (χ3n) is 3.57. The van der Waals surface area contributed by atoms with Crippen LogP contribution in [0.25, 0.3) is 10.9 Å². The monoisotopic (exact) mass is 199 g/mol. The molecule has 0 fully saturated rings. The van der Waals surface area contributed by atoms with Gasteiger partial charge >= 0.3 is 0 Å². The van der Waals surface area contributed by atoms with Gasteiger partial charge in [-0.25, -0.2) is 0 Å². The van der Waals surface area contributed by atoms with Crippen molar-refractivity contribution in [3.63, 3.8) is 0 Å². The molecule has 3 rings (SSSR count). The first-order valence-corrected chi connectivity index (χ1v) is 6.01. The number of fused-ring (bicyclic) bond motifs is 3. The summed E-state index contributed by atoms with van der Waals surface area (Å²) in [5.41, 5.74) is 5.85. The highest BCUT2D eigenvalue weighted by Gasteiger charge is 2.14. The van der Waals surface area contributed by atoms with Gasteiger partial charge < -0.3 is 4.98 Å². The van der Waals surface area contributed by atoms with E-state index in [2.05, 4.69) is 30.1 Å². The largest absolute Gasteiger partial charge is 0.358 e. The van der Waals surface area contributed by atoms with Crippen LogP contribution in [0.1, 0.15) is 36.6 Å². The summed E-state index contributed by atoms with van der Waals surface area (Å²) in [6.45, 7) is 2.21. The molecule has 0 atom stereocenters. The summed E-state index contributed by atoms with van der Waals surface area (Å²) >= 11 is 0. The van der Waals surface area contributed by atoms with Crippen molar-refractivity contribution in [2.75, 3.05) is 0 Å². The predicted octanol–water partition coefficient (Wildman–Crippen LogP) is 3.61. The highest BCUT2D eigenvalue weighted by atomic mass is 14.7. The van der Waals surface area contributed by atoms with Crippen molar-refractivity contribution in [1.82, 2.24) is 4.98 Å². The van der Waals surface area contributed by atoms with E-state index in [1.807, 2.05) is 0 Å². The Hall–Kier alpha value is -1.24. The molecule has 1 aliphatic carbocycles. The van der Waals surface area contributed by atoms with Gasteiger partial charge in [-0.15, -0.1) is 0 Å². The van der Waals surface area contributed by atoms with Gasteiger partial charge in [0.1, 0.15) is 0 Å². The Labute approximate surface area is 90.5 Å². The Bertz CT molecular complexity index is 493. The van der Waals surface area contributed by atoms with Gasteiger partial charge in [-0.1, -0.05) is 19.1 Å². The summed E-state index contributed by atoms with van der Waals surface area (Å²) in [4.78, 5) is 3.59. The zero-order chi connectivity index (χ0) is 10.3. The maximum absolute atomic E-state index is 3.59. The fraction of sp³-hybridized carbons (Fsp3) is 0.429. The zero-order valence-corrected chi connectivity index (χ0v) is 9.27. The highest BCUT2D eigenvalue weighted by molar-refractivity contribution is 5.85. The first-order valence-electron chi connectivity index (χ1n) is 6.01. The Balaban J connectivity index is 2.22. The minimum absolute atomic E-state index is 1.12. The van der Waals surface area contributed by atoms with Crippen molar-refractivity contribution in [1.29, 1.82) is 0 Å². The molecule has 1 aromatic heterocycles. The Kier molecular flexibility index (Phi) is 2.05. The molecule has 2 aromatic rings. The first kappa shape index (κ1) is 9.02. The van der Waals surface area contributed by atoms with E-state index < -0.39 is 0 Å². The third kappa shape index (κ3) is 1.38. The summed E-state index contributed by atoms with van der Waals surface area (Å²) in [5, 5.41) is 1.46. The lowest BCUT2D eigenvalue weighted by molar-refractivity contribution is 0.680. The SMILES string of the molecule is CCc1ccc2c3c([nH]c2c1)CCCC3. The minimum Gasteiger partial charge on any atom is -0.358 e. The maximum atomic E-state index is 3.59. The molecule has 0 saturated heterocycles. The van der Waals surface area contributed by atoms with E-state index in [4.69, 9.17) is 0 Å². The van der Waals surface area contributed by atoms with E-state index >= 15 is 0 Å². The van der Waals surface area contributed by atoms with E-state index in [1.165, 1.54) is 47.8 Å². The predicted molar refractivity (Wildman–Crippen MR) is 64.3 cm³/mol. The molecule has 1 heterocycles. The van der Waals surface area contributed by atoms with Gasteiger partial charge in [0, 0.05) is 16.6 Å². The molecule has 1 aromatic carbocycles. The van der Waals surface area contributed by atoms with Crippen molar-refractivity contribution in [2.45, 2.75) is 39.0 Å². The summed E-state index contributed by atoms with van der Waals surface area (Å²) in [6.07, 6.45) is 6.34. The van der Waals surface area contributed by atoms with Crippen LogP contribution in [0, 0.1) is 0 Å². The standard InChI is InChI=1S/C14H17N/c1-2-10-7-8-12-11-5-3-4-6-13(11)15-14(12)9-10/h7-9,15H,2-6H2,1H3. The molecule has 15 heavy (non-hydrogen) atoms. The number of rotatable bonds is 1. The molecule has 0 amide bonds. The molecule has 78 valence electrons. The van der Waals surface area contributed by atoms with Crippen LogP contribution in [-0.4, -0.2) is 4.98 Å². The number of hydrogen-bond acceptors (Lipinski definition) is 0. The van der Waals surface area contributed by atoms with E-state index in [1.54, 1.807) is 5.56 Å². The van der Waals surface area contributed by atoms with E-state index in [0.29, 0.717) is 0 Å². The quantitative estimate of drug-likeness (QED) is 0.722.